The number of benzene rings is 2. The summed E-state index contributed by atoms with van der Waals surface area (Å²) in [6.07, 6.45) is 2.76. The highest BCUT2D eigenvalue weighted by Gasteiger charge is 2.40. The number of carbonyl (C=O) groups is 2. The molecule has 0 radical (unpaired) electrons. The number of hydrogen-bond acceptors (Lipinski definition) is 4. The monoisotopic (exact) mass is 477 g/mol. The SMILES string of the molecule is CCNC(=O)c1ccc(CN(C2CCCC[C@H]2C(N)=O)S(=O)(=O)c2ccc(Cl)cc2)cc1. The predicted octanol–water partition coefficient (Wildman–Crippen LogP) is 3.32. The van der Waals surface area contributed by atoms with Crippen molar-refractivity contribution in [2.45, 2.75) is 50.1 Å². The first-order chi connectivity index (χ1) is 15.2. The number of halogens is 1. The van der Waals surface area contributed by atoms with Crippen molar-refractivity contribution in [2.75, 3.05) is 6.54 Å². The Kier molecular flexibility index (Phi) is 7.92. The van der Waals surface area contributed by atoms with E-state index in [4.69, 9.17) is 17.3 Å². The van der Waals surface area contributed by atoms with Crippen LogP contribution in [-0.2, 0) is 21.4 Å². The van der Waals surface area contributed by atoms with E-state index in [1.807, 2.05) is 6.92 Å². The molecular formula is C23H28ClN3O4S. The molecule has 3 rings (SSSR count). The van der Waals surface area contributed by atoms with Crippen LogP contribution < -0.4 is 11.1 Å². The van der Waals surface area contributed by atoms with Gasteiger partial charge in [-0.25, -0.2) is 8.42 Å². The highest BCUT2D eigenvalue weighted by Crippen LogP contribution is 2.33. The Hall–Kier alpha value is -2.42. The van der Waals surface area contributed by atoms with E-state index in [0.29, 0.717) is 35.5 Å². The fourth-order valence-corrected chi connectivity index (χ4v) is 5.92. The minimum absolute atomic E-state index is 0.0646. The molecule has 32 heavy (non-hydrogen) atoms. The molecule has 1 aliphatic rings. The molecule has 0 aromatic heterocycles. The number of hydrogen-bond donors (Lipinski definition) is 2. The van der Waals surface area contributed by atoms with Gasteiger partial charge in [0.05, 0.1) is 10.8 Å². The molecule has 1 aliphatic carbocycles. The van der Waals surface area contributed by atoms with Crippen molar-refractivity contribution in [3.63, 3.8) is 0 Å². The van der Waals surface area contributed by atoms with Gasteiger partial charge in [0, 0.05) is 29.7 Å². The summed E-state index contributed by atoms with van der Waals surface area (Å²) < 4.78 is 28.7. The van der Waals surface area contributed by atoms with E-state index >= 15 is 0 Å². The van der Waals surface area contributed by atoms with Crippen LogP contribution in [0.2, 0.25) is 5.02 Å². The zero-order valence-electron chi connectivity index (χ0n) is 18.0. The smallest absolute Gasteiger partial charge is 0.251 e. The van der Waals surface area contributed by atoms with Gasteiger partial charge in [-0.3, -0.25) is 9.59 Å². The quantitative estimate of drug-likeness (QED) is 0.607. The van der Waals surface area contributed by atoms with Crippen molar-refractivity contribution in [1.82, 2.24) is 9.62 Å². The number of nitrogens with one attached hydrogen (secondary N) is 1. The summed E-state index contributed by atoms with van der Waals surface area (Å²) in [5.41, 5.74) is 6.86. The average molecular weight is 478 g/mol. The topological polar surface area (TPSA) is 110 Å². The van der Waals surface area contributed by atoms with E-state index < -0.39 is 27.9 Å². The molecule has 1 fully saturated rings. The molecule has 7 nitrogen and oxygen atoms in total. The second-order valence-electron chi connectivity index (χ2n) is 7.92. The van der Waals surface area contributed by atoms with Gasteiger partial charge in [0.25, 0.3) is 5.91 Å². The highest BCUT2D eigenvalue weighted by molar-refractivity contribution is 7.89. The first kappa shape index (κ1) is 24.2. The first-order valence-corrected chi connectivity index (χ1v) is 12.5. The minimum atomic E-state index is -3.93. The van der Waals surface area contributed by atoms with Crippen LogP contribution in [0.4, 0.5) is 0 Å². The normalized spacial score (nSPS) is 19.0. The van der Waals surface area contributed by atoms with Crippen molar-refractivity contribution < 1.29 is 18.0 Å². The van der Waals surface area contributed by atoms with Crippen LogP contribution in [-0.4, -0.2) is 37.1 Å². The van der Waals surface area contributed by atoms with Crippen molar-refractivity contribution >= 4 is 33.4 Å². The number of rotatable bonds is 8. The van der Waals surface area contributed by atoms with Crippen molar-refractivity contribution in [3.05, 3.63) is 64.7 Å². The van der Waals surface area contributed by atoms with Gasteiger partial charge in [-0.2, -0.15) is 4.31 Å². The Morgan fingerprint density at radius 1 is 1.06 bits per heavy atom. The molecule has 0 saturated heterocycles. The molecule has 3 N–H and O–H groups in total. The van der Waals surface area contributed by atoms with E-state index in [0.717, 1.165) is 12.8 Å². The minimum Gasteiger partial charge on any atom is -0.369 e. The molecule has 2 atom stereocenters. The Morgan fingerprint density at radius 3 is 2.28 bits per heavy atom. The van der Waals surface area contributed by atoms with Gasteiger partial charge in [0.1, 0.15) is 0 Å². The number of carbonyl (C=O) groups excluding carboxylic acids is 2. The summed E-state index contributed by atoms with van der Waals surface area (Å²) in [6.45, 7) is 2.42. The fourth-order valence-electron chi connectivity index (χ4n) is 4.11. The van der Waals surface area contributed by atoms with Crippen LogP contribution in [0.3, 0.4) is 0 Å². The highest BCUT2D eigenvalue weighted by atomic mass is 35.5. The zero-order valence-corrected chi connectivity index (χ0v) is 19.5. The van der Waals surface area contributed by atoms with Gasteiger partial charge >= 0.3 is 0 Å². The lowest BCUT2D eigenvalue weighted by Crippen LogP contribution is -2.49. The maximum atomic E-state index is 13.6. The molecule has 2 aromatic rings. The Labute approximate surface area is 194 Å². The van der Waals surface area contributed by atoms with Crippen LogP contribution in [0.1, 0.15) is 48.5 Å². The maximum Gasteiger partial charge on any atom is 0.251 e. The second-order valence-corrected chi connectivity index (χ2v) is 10.2. The van der Waals surface area contributed by atoms with Crippen LogP contribution >= 0.6 is 11.6 Å². The van der Waals surface area contributed by atoms with E-state index in [9.17, 15) is 18.0 Å². The fraction of sp³-hybridized carbons (Fsp3) is 0.391. The lowest BCUT2D eigenvalue weighted by atomic mass is 9.84. The molecule has 2 aromatic carbocycles. The third-order valence-corrected chi connectivity index (χ3v) is 7.91. The van der Waals surface area contributed by atoms with Crippen LogP contribution in [0.15, 0.2) is 53.4 Å². The van der Waals surface area contributed by atoms with Crippen molar-refractivity contribution in [1.29, 1.82) is 0 Å². The molecular weight excluding hydrogens is 450 g/mol. The molecule has 1 unspecified atom stereocenters. The van der Waals surface area contributed by atoms with Gasteiger partial charge < -0.3 is 11.1 Å². The lowest BCUT2D eigenvalue weighted by molar-refractivity contribution is -0.124. The molecule has 1 saturated carbocycles. The number of nitrogens with zero attached hydrogens (tertiary/aromatic N) is 1. The third-order valence-electron chi connectivity index (χ3n) is 5.78. The Morgan fingerprint density at radius 2 is 1.69 bits per heavy atom. The summed E-state index contributed by atoms with van der Waals surface area (Å²) in [4.78, 5) is 24.3. The van der Waals surface area contributed by atoms with Gasteiger partial charge in [-0.1, -0.05) is 36.6 Å². The summed E-state index contributed by atoms with van der Waals surface area (Å²) in [5.74, 6) is -1.23. The number of primary amides is 1. The maximum absolute atomic E-state index is 13.6. The third kappa shape index (κ3) is 5.49. The molecule has 0 aliphatic heterocycles. The van der Waals surface area contributed by atoms with Crippen molar-refractivity contribution in [2.24, 2.45) is 11.7 Å². The molecule has 2 amide bonds. The summed E-state index contributed by atoms with van der Waals surface area (Å²) in [7, 11) is -3.93. The van der Waals surface area contributed by atoms with Gasteiger partial charge in [-0.15, -0.1) is 0 Å². The van der Waals surface area contributed by atoms with Crippen LogP contribution in [0.5, 0.6) is 0 Å². The molecule has 0 heterocycles. The number of nitrogens with two attached hydrogens (primary N) is 1. The van der Waals surface area contributed by atoms with Gasteiger partial charge in [0.15, 0.2) is 0 Å². The van der Waals surface area contributed by atoms with E-state index in [1.165, 1.54) is 28.6 Å². The summed E-state index contributed by atoms with van der Waals surface area (Å²) in [5, 5.41) is 3.17. The number of amides is 2. The average Bonchev–Trinajstić information content (AvgIpc) is 2.78. The second kappa shape index (κ2) is 10.5. The van der Waals surface area contributed by atoms with E-state index in [-0.39, 0.29) is 17.3 Å². The van der Waals surface area contributed by atoms with Gasteiger partial charge in [0.2, 0.25) is 15.9 Å². The molecule has 0 bridgehead atoms. The van der Waals surface area contributed by atoms with Crippen LogP contribution in [0.25, 0.3) is 0 Å². The summed E-state index contributed by atoms with van der Waals surface area (Å²) >= 11 is 5.95. The molecule has 172 valence electrons. The summed E-state index contributed by atoms with van der Waals surface area (Å²) in [6, 6.07) is 12.2. The molecule has 0 spiro atoms. The standard InChI is InChI=1S/C23H28ClN3O4S/c1-2-26-23(29)17-9-7-16(8-10-17)15-27(21-6-4-3-5-20(21)22(25)28)32(30,31)19-13-11-18(24)12-14-19/h7-14,20-21H,2-6,15H2,1H3,(H2,25,28)(H,26,29)/t20-,21?/m1/s1. The van der Waals surface area contributed by atoms with Crippen molar-refractivity contribution in [3.8, 4) is 0 Å². The van der Waals surface area contributed by atoms with E-state index in [1.54, 1.807) is 24.3 Å². The predicted molar refractivity (Wildman–Crippen MR) is 124 cm³/mol. The lowest BCUT2D eigenvalue weighted by Gasteiger charge is -2.38. The Bertz CT molecular complexity index is 1060. The Balaban J connectivity index is 1.97. The largest absolute Gasteiger partial charge is 0.369 e. The van der Waals surface area contributed by atoms with Gasteiger partial charge in [-0.05, 0) is 61.7 Å². The first-order valence-electron chi connectivity index (χ1n) is 10.7. The number of sulfonamides is 1. The zero-order chi connectivity index (χ0) is 23.3. The van der Waals surface area contributed by atoms with Crippen LogP contribution in [0, 0.1) is 5.92 Å². The van der Waals surface area contributed by atoms with E-state index in [2.05, 4.69) is 5.32 Å². The molecule has 9 heteroatoms.